The van der Waals surface area contributed by atoms with E-state index in [1.54, 1.807) is 43.4 Å². The highest BCUT2D eigenvalue weighted by atomic mass is 19.1. The number of amides is 2. The molecule has 206 valence electrons. The number of hydrogen-bond donors (Lipinski definition) is 1. The predicted molar refractivity (Wildman–Crippen MR) is 147 cm³/mol. The maximum atomic E-state index is 15.8. The highest BCUT2D eigenvalue weighted by molar-refractivity contribution is 5.89. The van der Waals surface area contributed by atoms with Crippen LogP contribution in [0.25, 0.3) is 11.1 Å². The van der Waals surface area contributed by atoms with Gasteiger partial charge in [0.1, 0.15) is 5.82 Å². The zero-order valence-corrected chi connectivity index (χ0v) is 23.1. The summed E-state index contributed by atoms with van der Waals surface area (Å²) >= 11 is 0. The molecule has 9 nitrogen and oxygen atoms in total. The lowest BCUT2D eigenvalue weighted by Gasteiger charge is -2.39. The van der Waals surface area contributed by atoms with E-state index in [1.807, 2.05) is 26.8 Å². The third-order valence-electron chi connectivity index (χ3n) is 7.13. The Balaban J connectivity index is 1.53. The molecule has 1 aliphatic heterocycles. The van der Waals surface area contributed by atoms with Crippen molar-refractivity contribution < 1.29 is 18.5 Å². The van der Waals surface area contributed by atoms with E-state index in [0.717, 1.165) is 30.6 Å². The van der Waals surface area contributed by atoms with E-state index in [2.05, 4.69) is 31.9 Å². The molecule has 39 heavy (non-hydrogen) atoms. The summed E-state index contributed by atoms with van der Waals surface area (Å²) in [6.07, 6.45) is 6.49. The zero-order valence-electron chi connectivity index (χ0n) is 23.1. The molecule has 1 aromatic carbocycles. The smallest absolute Gasteiger partial charge is 0.315 e. The first kappa shape index (κ1) is 27.9. The summed E-state index contributed by atoms with van der Waals surface area (Å²) in [6, 6.07) is 5.36. The van der Waals surface area contributed by atoms with Gasteiger partial charge in [-0.1, -0.05) is 44.6 Å². The fraction of sp³-hybridized carbons (Fsp3) is 0.414. The second kappa shape index (κ2) is 11.3. The molecule has 0 saturated carbocycles. The van der Waals surface area contributed by atoms with Crippen molar-refractivity contribution in [1.82, 2.24) is 25.3 Å². The van der Waals surface area contributed by atoms with Gasteiger partial charge in [0.25, 0.3) is 0 Å². The van der Waals surface area contributed by atoms with Gasteiger partial charge in [0.15, 0.2) is 5.82 Å². The van der Waals surface area contributed by atoms with Gasteiger partial charge in [-0.05, 0) is 43.0 Å². The Morgan fingerprint density at radius 2 is 2.05 bits per heavy atom. The third kappa shape index (κ3) is 6.00. The number of halogens is 1. The first-order chi connectivity index (χ1) is 18.5. The summed E-state index contributed by atoms with van der Waals surface area (Å²) in [7, 11) is 1.78. The minimum Gasteiger partial charge on any atom is -0.368 e. The van der Waals surface area contributed by atoms with Crippen LogP contribution in [0.4, 0.5) is 10.1 Å². The number of carbonyl (C=O) groups excluding carboxylic acids is 2. The number of carbonyl (C=O) groups is 2. The Kier molecular flexibility index (Phi) is 8.13. The Labute approximate surface area is 228 Å². The normalized spacial score (nSPS) is 15.6. The Bertz CT molecular complexity index is 1380. The number of rotatable bonds is 7. The molecule has 1 fully saturated rings. The molecule has 2 aromatic heterocycles. The molecule has 10 heteroatoms. The summed E-state index contributed by atoms with van der Waals surface area (Å²) < 4.78 is 20.9. The van der Waals surface area contributed by atoms with E-state index in [4.69, 9.17) is 4.52 Å². The highest BCUT2D eigenvalue weighted by Gasteiger charge is 2.28. The predicted octanol–water partition coefficient (Wildman–Crippen LogP) is 4.42. The zero-order chi connectivity index (χ0) is 28.3. The number of anilines is 1. The fourth-order valence-electron chi connectivity index (χ4n) is 4.68. The molecule has 1 unspecified atom stereocenters. The number of hydrogen-bond acceptors (Lipinski definition) is 7. The Morgan fingerprint density at radius 1 is 1.28 bits per heavy atom. The number of nitrogens with one attached hydrogen (secondary N) is 1. The van der Waals surface area contributed by atoms with E-state index in [-0.39, 0.29) is 35.6 Å². The molecular formula is C29H35FN6O3. The lowest BCUT2D eigenvalue weighted by Crippen LogP contribution is -2.48. The number of benzene rings is 1. The van der Waals surface area contributed by atoms with Crippen molar-refractivity contribution in [3.05, 3.63) is 71.9 Å². The summed E-state index contributed by atoms with van der Waals surface area (Å²) in [5.41, 5.74) is 2.71. The van der Waals surface area contributed by atoms with Gasteiger partial charge < -0.3 is 19.6 Å². The lowest BCUT2D eigenvalue weighted by molar-refractivity contribution is -0.126. The van der Waals surface area contributed by atoms with Crippen molar-refractivity contribution in [2.75, 3.05) is 25.0 Å². The van der Waals surface area contributed by atoms with Crippen LogP contribution in [0.3, 0.4) is 0 Å². The van der Waals surface area contributed by atoms with Crippen molar-refractivity contribution in [1.29, 1.82) is 0 Å². The van der Waals surface area contributed by atoms with Crippen molar-refractivity contribution in [3.8, 4) is 11.1 Å². The highest BCUT2D eigenvalue weighted by Crippen LogP contribution is 2.35. The van der Waals surface area contributed by atoms with Crippen LogP contribution in [0.2, 0.25) is 0 Å². The Morgan fingerprint density at radius 3 is 2.74 bits per heavy atom. The average Bonchev–Trinajstić information content (AvgIpc) is 3.44. The first-order valence-corrected chi connectivity index (χ1v) is 13.0. The van der Waals surface area contributed by atoms with E-state index in [0.29, 0.717) is 29.1 Å². The molecule has 3 aromatic rings. The molecule has 0 spiro atoms. The van der Waals surface area contributed by atoms with Crippen molar-refractivity contribution >= 4 is 17.5 Å². The van der Waals surface area contributed by atoms with Gasteiger partial charge in [-0.3, -0.25) is 14.6 Å². The number of piperidine rings is 1. The van der Waals surface area contributed by atoms with Crippen LogP contribution in [0.5, 0.6) is 0 Å². The van der Waals surface area contributed by atoms with Crippen LogP contribution in [0, 0.1) is 12.7 Å². The molecule has 1 saturated heterocycles. The van der Waals surface area contributed by atoms with Crippen LogP contribution in [-0.2, 0) is 16.8 Å². The molecule has 1 N–H and O–H groups in total. The molecule has 1 aliphatic rings. The molecule has 0 radical (unpaired) electrons. The molecular weight excluding hydrogens is 499 g/mol. The van der Waals surface area contributed by atoms with E-state index >= 15 is 4.39 Å². The van der Waals surface area contributed by atoms with Crippen molar-refractivity contribution in [2.24, 2.45) is 0 Å². The van der Waals surface area contributed by atoms with E-state index < -0.39 is 5.91 Å². The monoisotopic (exact) mass is 534 g/mol. The molecule has 4 rings (SSSR count). The van der Waals surface area contributed by atoms with Gasteiger partial charge >= 0.3 is 11.8 Å². The van der Waals surface area contributed by atoms with Crippen LogP contribution >= 0.6 is 0 Å². The summed E-state index contributed by atoms with van der Waals surface area (Å²) in [5.74, 6) is -0.693. The van der Waals surface area contributed by atoms with Crippen molar-refractivity contribution in [3.63, 3.8) is 0 Å². The van der Waals surface area contributed by atoms with E-state index in [1.165, 1.54) is 6.08 Å². The van der Waals surface area contributed by atoms with Crippen molar-refractivity contribution in [2.45, 2.75) is 58.5 Å². The number of pyridine rings is 1. The van der Waals surface area contributed by atoms with Gasteiger partial charge in [-0.2, -0.15) is 4.98 Å². The second-order valence-electron chi connectivity index (χ2n) is 10.9. The largest absolute Gasteiger partial charge is 0.368 e. The second-order valence-corrected chi connectivity index (χ2v) is 10.9. The van der Waals surface area contributed by atoms with E-state index in [9.17, 15) is 9.59 Å². The molecule has 0 aliphatic carbocycles. The standard InChI is InChI=1S/C29H35FN6O3/c1-7-24(37)35(6)20-9-8-14-36(17-20)23-16-31-13-12-21(23)22-11-10-19(18(2)25(22)30)15-32-26(38)27-33-28(34-39-27)29(3,4)5/h7,10-13,16,20H,1,8-9,14-15,17H2,2-6H3,(H,32,38). The SMILES string of the molecule is C=CC(=O)N(C)C1CCCN(c2cnccc2-c2ccc(CNC(=O)c3nc(C(C)(C)C)no3)c(C)c2F)C1. The molecule has 0 bridgehead atoms. The van der Waals surface area contributed by atoms with Crippen LogP contribution in [-0.4, -0.2) is 58.0 Å². The summed E-state index contributed by atoms with van der Waals surface area (Å²) in [6.45, 7) is 12.6. The number of nitrogens with zero attached hydrogens (tertiary/aromatic N) is 5. The maximum Gasteiger partial charge on any atom is 0.315 e. The molecule has 1 atom stereocenters. The Hall–Kier alpha value is -4.08. The minimum absolute atomic E-state index is 0.0215. The maximum absolute atomic E-state index is 15.8. The van der Waals surface area contributed by atoms with Crippen LogP contribution in [0.1, 0.15) is 61.2 Å². The van der Waals surface area contributed by atoms with Crippen LogP contribution in [0.15, 0.2) is 47.8 Å². The van der Waals surface area contributed by atoms with Crippen LogP contribution < -0.4 is 10.2 Å². The van der Waals surface area contributed by atoms with Gasteiger partial charge in [-0.25, -0.2) is 4.39 Å². The lowest BCUT2D eigenvalue weighted by atomic mass is 9.96. The van der Waals surface area contributed by atoms with Gasteiger partial charge in [0.2, 0.25) is 5.91 Å². The quantitative estimate of drug-likeness (QED) is 0.448. The average molecular weight is 535 g/mol. The van der Waals surface area contributed by atoms with Gasteiger partial charge in [-0.15, -0.1) is 0 Å². The number of aromatic nitrogens is 3. The fourth-order valence-corrected chi connectivity index (χ4v) is 4.68. The third-order valence-corrected chi connectivity index (χ3v) is 7.13. The van der Waals surface area contributed by atoms with Gasteiger partial charge in [0.05, 0.1) is 11.9 Å². The molecule has 2 amide bonds. The summed E-state index contributed by atoms with van der Waals surface area (Å²) in [4.78, 5) is 37.1. The minimum atomic E-state index is -0.516. The topological polar surface area (TPSA) is 104 Å². The summed E-state index contributed by atoms with van der Waals surface area (Å²) in [5, 5.41) is 6.61. The first-order valence-electron chi connectivity index (χ1n) is 13.0. The van der Waals surface area contributed by atoms with Gasteiger partial charge in [0, 0.05) is 55.5 Å². The number of likely N-dealkylation sites (N-methyl/N-ethyl adjacent to an activating group) is 1. The molecule has 3 heterocycles.